The molecule has 1 N–H and O–H groups in total. The van der Waals surface area contributed by atoms with E-state index in [0.717, 1.165) is 0 Å². The maximum Gasteiger partial charge on any atom is 0.257 e. The number of nitrogens with one attached hydrogen (secondary N) is 1. The Kier molecular flexibility index (Phi) is 2.27. The van der Waals surface area contributed by atoms with E-state index in [4.69, 9.17) is 0 Å². The van der Waals surface area contributed by atoms with Crippen LogP contribution in [0.5, 0.6) is 0 Å². The van der Waals surface area contributed by atoms with Crippen LogP contribution >= 0.6 is 0 Å². The molecule has 4 heteroatoms. The van der Waals surface area contributed by atoms with Crippen LogP contribution in [0, 0.1) is 5.92 Å². The van der Waals surface area contributed by atoms with Crippen LogP contribution in [-0.2, 0) is 0 Å². The summed E-state index contributed by atoms with van der Waals surface area (Å²) in [7, 11) is 1.86. The number of aromatic amines is 1. The van der Waals surface area contributed by atoms with Gasteiger partial charge in [-0.1, -0.05) is 0 Å². The summed E-state index contributed by atoms with van der Waals surface area (Å²) in [6.07, 6.45) is 5.71. The molecule has 1 unspecified atom stereocenters. The van der Waals surface area contributed by atoms with Gasteiger partial charge in [0.2, 0.25) is 0 Å². The topological polar surface area (TPSA) is 49.0 Å². The molecule has 0 aliphatic heterocycles. The van der Waals surface area contributed by atoms with E-state index in [0.29, 0.717) is 17.5 Å². The molecule has 1 aliphatic carbocycles. The fraction of sp³-hybridized carbons (Fsp3) is 0.600. The molecule has 1 aliphatic rings. The number of aromatic nitrogens is 2. The molecule has 1 saturated carbocycles. The lowest BCUT2D eigenvalue weighted by atomic mass is 10.2. The molecule has 0 radical (unpaired) electrons. The molecule has 0 spiro atoms. The fourth-order valence-corrected chi connectivity index (χ4v) is 1.65. The highest BCUT2D eigenvalue weighted by atomic mass is 16.2. The molecule has 0 saturated heterocycles. The number of carbonyl (C=O) groups is 1. The highest BCUT2D eigenvalue weighted by Gasteiger charge is 2.32. The number of carbonyl (C=O) groups excluding carboxylic acids is 1. The van der Waals surface area contributed by atoms with Crippen molar-refractivity contribution in [3.8, 4) is 0 Å². The van der Waals surface area contributed by atoms with Crippen LogP contribution in [0.15, 0.2) is 12.4 Å². The first kappa shape index (κ1) is 9.24. The quantitative estimate of drug-likeness (QED) is 0.786. The average molecular weight is 193 g/mol. The van der Waals surface area contributed by atoms with E-state index in [9.17, 15) is 4.79 Å². The second-order valence-corrected chi connectivity index (χ2v) is 3.98. The van der Waals surface area contributed by atoms with E-state index in [1.807, 2.05) is 11.9 Å². The Bertz CT molecular complexity index is 316. The molecule has 1 amide bonds. The Balaban J connectivity index is 2.03. The van der Waals surface area contributed by atoms with Gasteiger partial charge in [-0.3, -0.25) is 9.89 Å². The second-order valence-electron chi connectivity index (χ2n) is 3.98. The Morgan fingerprint density at radius 2 is 2.43 bits per heavy atom. The van der Waals surface area contributed by atoms with Gasteiger partial charge in [-0.15, -0.1) is 0 Å². The highest BCUT2D eigenvalue weighted by molar-refractivity contribution is 5.93. The van der Waals surface area contributed by atoms with Crippen molar-refractivity contribution >= 4 is 5.91 Å². The smallest absolute Gasteiger partial charge is 0.257 e. The van der Waals surface area contributed by atoms with E-state index >= 15 is 0 Å². The zero-order valence-corrected chi connectivity index (χ0v) is 8.53. The number of H-pyrrole nitrogens is 1. The van der Waals surface area contributed by atoms with Gasteiger partial charge in [-0.25, -0.2) is 0 Å². The van der Waals surface area contributed by atoms with Crippen LogP contribution in [0.2, 0.25) is 0 Å². The van der Waals surface area contributed by atoms with Gasteiger partial charge in [0, 0.05) is 19.3 Å². The first-order valence-electron chi connectivity index (χ1n) is 4.96. The second kappa shape index (κ2) is 3.44. The van der Waals surface area contributed by atoms with E-state index < -0.39 is 0 Å². The SMILES string of the molecule is CC(C1CC1)N(C)C(=O)c1cn[nH]c1. The van der Waals surface area contributed by atoms with E-state index in [1.54, 1.807) is 12.4 Å². The van der Waals surface area contributed by atoms with Crippen LogP contribution in [0.25, 0.3) is 0 Å². The van der Waals surface area contributed by atoms with E-state index in [2.05, 4.69) is 17.1 Å². The van der Waals surface area contributed by atoms with Gasteiger partial charge in [-0.2, -0.15) is 5.10 Å². The van der Waals surface area contributed by atoms with Crippen molar-refractivity contribution in [2.24, 2.45) is 5.92 Å². The number of amides is 1. The van der Waals surface area contributed by atoms with Gasteiger partial charge >= 0.3 is 0 Å². The minimum Gasteiger partial charge on any atom is -0.339 e. The Labute approximate surface area is 83.3 Å². The maximum atomic E-state index is 11.8. The molecule has 1 aromatic heterocycles. The predicted molar refractivity (Wildman–Crippen MR) is 52.9 cm³/mol. The largest absolute Gasteiger partial charge is 0.339 e. The summed E-state index contributed by atoms with van der Waals surface area (Å²) in [5.74, 6) is 0.758. The molecule has 0 bridgehead atoms. The molecule has 1 atom stereocenters. The molecule has 14 heavy (non-hydrogen) atoms. The third-order valence-electron chi connectivity index (χ3n) is 2.98. The molecule has 0 aromatic carbocycles. The van der Waals surface area contributed by atoms with E-state index in [-0.39, 0.29) is 5.91 Å². The van der Waals surface area contributed by atoms with Crippen LogP contribution < -0.4 is 0 Å². The van der Waals surface area contributed by atoms with Crippen molar-refractivity contribution < 1.29 is 4.79 Å². The summed E-state index contributed by atoms with van der Waals surface area (Å²) in [5.41, 5.74) is 0.639. The Hall–Kier alpha value is -1.32. The van der Waals surface area contributed by atoms with Crippen molar-refractivity contribution in [3.05, 3.63) is 18.0 Å². The van der Waals surface area contributed by atoms with E-state index in [1.165, 1.54) is 12.8 Å². The number of rotatable bonds is 3. The summed E-state index contributed by atoms with van der Waals surface area (Å²) in [5, 5.41) is 6.42. The Morgan fingerprint density at radius 1 is 1.71 bits per heavy atom. The van der Waals surface area contributed by atoms with Gasteiger partial charge in [0.05, 0.1) is 11.8 Å². The summed E-state index contributed by atoms with van der Waals surface area (Å²) in [6, 6.07) is 0.345. The van der Waals surface area contributed by atoms with Gasteiger partial charge < -0.3 is 4.90 Å². The molecule has 76 valence electrons. The monoisotopic (exact) mass is 193 g/mol. The first-order chi connectivity index (χ1) is 6.70. The van der Waals surface area contributed by atoms with Gasteiger partial charge in [0.15, 0.2) is 0 Å². The zero-order chi connectivity index (χ0) is 10.1. The summed E-state index contributed by atoms with van der Waals surface area (Å²) in [6.45, 7) is 2.11. The van der Waals surface area contributed by atoms with Gasteiger partial charge in [0.25, 0.3) is 5.91 Å². The zero-order valence-electron chi connectivity index (χ0n) is 8.53. The van der Waals surface area contributed by atoms with Crippen LogP contribution in [-0.4, -0.2) is 34.1 Å². The summed E-state index contributed by atoms with van der Waals surface area (Å²) < 4.78 is 0. The standard InChI is InChI=1S/C10H15N3O/c1-7(8-3-4-8)13(2)10(14)9-5-11-12-6-9/h5-8H,3-4H2,1-2H3,(H,11,12). The highest BCUT2D eigenvalue weighted by Crippen LogP contribution is 2.34. The van der Waals surface area contributed by atoms with Crippen LogP contribution in [0.4, 0.5) is 0 Å². The Morgan fingerprint density at radius 3 is 2.93 bits per heavy atom. The summed E-state index contributed by atoms with van der Waals surface area (Å²) >= 11 is 0. The maximum absolute atomic E-state index is 11.8. The van der Waals surface area contributed by atoms with Gasteiger partial charge in [0.1, 0.15) is 0 Å². The van der Waals surface area contributed by atoms with Crippen molar-refractivity contribution in [1.82, 2.24) is 15.1 Å². The first-order valence-corrected chi connectivity index (χ1v) is 4.96. The minimum atomic E-state index is 0.0538. The molecule has 1 heterocycles. The van der Waals surface area contributed by atoms with Crippen molar-refractivity contribution in [2.75, 3.05) is 7.05 Å². The molecule has 2 rings (SSSR count). The van der Waals surface area contributed by atoms with Crippen LogP contribution in [0.1, 0.15) is 30.1 Å². The number of hydrogen-bond acceptors (Lipinski definition) is 2. The lowest BCUT2D eigenvalue weighted by Crippen LogP contribution is -2.36. The molecule has 1 aromatic rings. The third-order valence-corrected chi connectivity index (χ3v) is 2.98. The minimum absolute atomic E-state index is 0.0538. The lowest BCUT2D eigenvalue weighted by Gasteiger charge is -2.24. The molecular weight excluding hydrogens is 178 g/mol. The fourth-order valence-electron chi connectivity index (χ4n) is 1.65. The lowest BCUT2D eigenvalue weighted by molar-refractivity contribution is 0.0727. The number of hydrogen-bond donors (Lipinski definition) is 1. The summed E-state index contributed by atoms with van der Waals surface area (Å²) in [4.78, 5) is 13.7. The molecule has 4 nitrogen and oxygen atoms in total. The van der Waals surface area contributed by atoms with Gasteiger partial charge in [-0.05, 0) is 25.7 Å². The predicted octanol–water partition coefficient (Wildman–Crippen LogP) is 1.28. The third kappa shape index (κ3) is 1.64. The van der Waals surface area contributed by atoms with Crippen molar-refractivity contribution in [1.29, 1.82) is 0 Å². The van der Waals surface area contributed by atoms with Crippen LogP contribution in [0.3, 0.4) is 0 Å². The molecular formula is C10H15N3O. The number of nitrogens with zero attached hydrogens (tertiary/aromatic N) is 2. The average Bonchev–Trinajstić information content (AvgIpc) is 2.90. The normalized spacial score (nSPS) is 17.9. The van der Waals surface area contributed by atoms with Crippen molar-refractivity contribution in [3.63, 3.8) is 0 Å². The van der Waals surface area contributed by atoms with Crippen molar-refractivity contribution in [2.45, 2.75) is 25.8 Å². The molecule has 1 fully saturated rings.